The highest BCUT2D eigenvalue weighted by Gasteiger charge is 2.29. The van der Waals surface area contributed by atoms with E-state index < -0.39 is 16.2 Å². The first kappa shape index (κ1) is 19.0. The van der Waals surface area contributed by atoms with Crippen molar-refractivity contribution in [3.63, 3.8) is 0 Å². The summed E-state index contributed by atoms with van der Waals surface area (Å²) < 4.78 is 32.8. The number of hydrogen-bond acceptors (Lipinski definition) is 5. The fraction of sp³-hybridized carbons (Fsp3) is 0.0952. The van der Waals surface area contributed by atoms with Crippen LogP contribution in [0.1, 0.15) is 22.1 Å². The van der Waals surface area contributed by atoms with E-state index >= 15 is 0 Å². The average Bonchev–Trinajstić information content (AvgIpc) is 2.74. The summed E-state index contributed by atoms with van der Waals surface area (Å²) in [7, 11) is -2.08. The number of amides is 1. The maximum absolute atomic E-state index is 12.5. The van der Waals surface area contributed by atoms with Crippen molar-refractivity contribution >= 4 is 27.3 Å². The van der Waals surface area contributed by atoms with Gasteiger partial charge in [0.2, 0.25) is 10.0 Å². The lowest BCUT2D eigenvalue weighted by atomic mass is 10.1. The Morgan fingerprint density at radius 1 is 0.966 bits per heavy atom. The molecule has 1 aliphatic rings. The van der Waals surface area contributed by atoms with Crippen molar-refractivity contribution in [1.82, 2.24) is 4.72 Å². The molecule has 4 rings (SSSR count). The molecule has 3 aromatic carbocycles. The van der Waals surface area contributed by atoms with E-state index in [4.69, 9.17) is 4.74 Å². The zero-order valence-corrected chi connectivity index (χ0v) is 16.4. The Balaban J connectivity index is 1.53. The predicted molar refractivity (Wildman–Crippen MR) is 111 cm³/mol. The highest BCUT2D eigenvalue weighted by atomic mass is 32.2. The molecular weight excluding hydrogens is 390 g/mol. The van der Waals surface area contributed by atoms with E-state index in [2.05, 4.69) is 15.4 Å². The number of methoxy groups -OCH3 is 1. The van der Waals surface area contributed by atoms with Gasteiger partial charge in [0.05, 0.1) is 18.5 Å². The van der Waals surface area contributed by atoms with Crippen molar-refractivity contribution in [3.8, 4) is 5.75 Å². The standard InChI is InChI=1S/C21H19N3O4S/c1-28-18-8-4-2-6-16(18)23-21(25)15-12-10-14(11-13-15)20-22-17-7-3-5-9-19(17)29(26,27)24-20/h2-13,20,22,24H,1H3,(H,23,25)/t20-/m0/s1. The number of para-hydroxylation sites is 3. The summed E-state index contributed by atoms with van der Waals surface area (Å²) in [5.74, 6) is 0.278. The smallest absolute Gasteiger partial charge is 0.255 e. The van der Waals surface area contributed by atoms with E-state index in [1.54, 1.807) is 66.7 Å². The second-order valence-corrected chi connectivity index (χ2v) is 8.15. The number of benzene rings is 3. The zero-order valence-electron chi connectivity index (χ0n) is 15.5. The lowest BCUT2D eigenvalue weighted by Crippen LogP contribution is -2.38. The number of anilines is 2. The summed E-state index contributed by atoms with van der Waals surface area (Å²) >= 11 is 0. The zero-order chi connectivity index (χ0) is 20.4. The third-order valence-electron chi connectivity index (χ3n) is 4.61. The van der Waals surface area contributed by atoms with Crippen LogP contribution in [0.3, 0.4) is 0 Å². The van der Waals surface area contributed by atoms with Crippen molar-refractivity contribution in [2.24, 2.45) is 0 Å². The molecule has 29 heavy (non-hydrogen) atoms. The van der Waals surface area contributed by atoms with E-state index in [0.29, 0.717) is 28.3 Å². The Labute approximate surface area is 168 Å². The van der Waals surface area contributed by atoms with Gasteiger partial charge in [0, 0.05) is 5.56 Å². The van der Waals surface area contributed by atoms with Crippen LogP contribution in [0.2, 0.25) is 0 Å². The van der Waals surface area contributed by atoms with Crippen LogP contribution in [0.5, 0.6) is 5.75 Å². The summed E-state index contributed by atoms with van der Waals surface area (Å²) in [5, 5.41) is 5.98. The molecule has 0 unspecified atom stereocenters. The van der Waals surface area contributed by atoms with Gasteiger partial charge in [-0.1, -0.05) is 36.4 Å². The van der Waals surface area contributed by atoms with Gasteiger partial charge in [-0.3, -0.25) is 4.79 Å². The summed E-state index contributed by atoms with van der Waals surface area (Å²) in [6.07, 6.45) is -0.624. The quantitative estimate of drug-likeness (QED) is 0.614. The van der Waals surface area contributed by atoms with Gasteiger partial charge >= 0.3 is 0 Å². The van der Waals surface area contributed by atoms with E-state index in [1.807, 2.05) is 6.07 Å². The van der Waals surface area contributed by atoms with E-state index in [0.717, 1.165) is 0 Å². The monoisotopic (exact) mass is 409 g/mol. The minimum absolute atomic E-state index is 0.212. The number of hydrogen-bond donors (Lipinski definition) is 3. The van der Waals surface area contributed by atoms with Crippen molar-refractivity contribution in [1.29, 1.82) is 0 Å². The van der Waals surface area contributed by atoms with Crippen LogP contribution < -0.4 is 20.1 Å². The lowest BCUT2D eigenvalue weighted by Gasteiger charge is -2.28. The third-order valence-corrected chi connectivity index (χ3v) is 6.09. The van der Waals surface area contributed by atoms with Crippen LogP contribution in [0.25, 0.3) is 0 Å². The summed E-state index contributed by atoms with van der Waals surface area (Å²) in [6, 6.07) is 20.6. The molecule has 3 N–H and O–H groups in total. The first-order valence-corrected chi connectivity index (χ1v) is 10.4. The molecule has 148 valence electrons. The van der Waals surface area contributed by atoms with Crippen LogP contribution in [-0.4, -0.2) is 21.4 Å². The van der Waals surface area contributed by atoms with Crippen molar-refractivity contribution < 1.29 is 17.9 Å². The second kappa shape index (κ2) is 7.57. The van der Waals surface area contributed by atoms with Crippen molar-refractivity contribution in [2.75, 3.05) is 17.7 Å². The topological polar surface area (TPSA) is 96.5 Å². The van der Waals surface area contributed by atoms with Gasteiger partial charge in [-0.2, -0.15) is 4.72 Å². The molecule has 0 bridgehead atoms. The van der Waals surface area contributed by atoms with Gasteiger partial charge in [-0.15, -0.1) is 0 Å². The number of sulfonamides is 1. The molecule has 1 aliphatic heterocycles. The maximum Gasteiger partial charge on any atom is 0.255 e. The Kier molecular flexibility index (Phi) is 4.96. The fourth-order valence-electron chi connectivity index (χ4n) is 3.14. The van der Waals surface area contributed by atoms with Gasteiger partial charge in [0.25, 0.3) is 5.91 Å². The fourth-order valence-corrected chi connectivity index (χ4v) is 4.45. The number of nitrogens with one attached hydrogen (secondary N) is 3. The third kappa shape index (κ3) is 3.80. The van der Waals surface area contributed by atoms with Gasteiger partial charge in [0.1, 0.15) is 16.8 Å². The normalized spacial score (nSPS) is 16.9. The molecule has 8 heteroatoms. The first-order chi connectivity index (χ1) is 14.0. The number of ether oxygens (including phenoxy) is 1. The second-order valence-electron chi connectivity index (χ2n) is 6.47. The molecular formula is C21H19N3O4S. The minimum atomic E-state index is -3.62. The first-order valence-electron chi connectivity index (χ1n) is 8.90. The molecule has 0 radical (unpaired) electrons. The van der Waals surface area contributed by atoms with Gasteiger partial charge in [0.15, 0.2) is 0 Å². The van der Waals surface area contributed by atoms with Gasteiger partial charge in [-0.25, -0.2) is 8.42 Å². The molecule has 0 fully saturated rings. The number of carbonyl (C=O) groups is 1. The predicted octanol–water partition coefficient (Wildman–Crippen LogP) is 3.35. The van der Waals surface area contributed by atoms with Gasteiger partial charge < -0.3 is 15.4 Å². The number of rotatable bonds is 4. The van der Waals surface area contributed by atoms with Gasteiger partial charge in [-0.05, 0) is 42.0 Å². The number of fused-ring (bicyclic) bond motifs is 1. The molecule has 1 atom stereocenters. The Morgan fingerprint density at radius 2 is 1.66 bits per heavy atom. The molecule has 1 heterocycles. The molecule has 0 aromatic heterocycles. The van der Waals surface area contributed by atoms with Crippen LogP contribution in [-0.2, 0) is 10.0 Å². The minimum Gasteiger partial charge on any atom is -0.495 e. The largest absolute Gasteiger partial charge is 0.495 e. The van der Waals surface area contributed by atoms with Crippen molar-refractivity contribution in [2.45, 2.75) is 11.1 Å². The Bertz CT molecular complexity index is 1160. The molecule has 3 aromatic rings. The SMILES string of the molecule is COc1ccccc1NC(=O)c1ccc([C@H]2Nc3ccccc3S(=O)(=O)N2)cc1. The lowest BCUT2D eigenvalue weighted by molar-refractivity contribution is 0.102. The molecule has 7 nitrogen and oxygen atoms in total. The average molecular weight is 409 g/mol. The molecule has 0 saturated heterocycles. The Morgan fingerprint density at radius 3 is 2.41 bits per heavy atom. The summed E-state index contributed by atoms with van der Waals surface area (Å²) in [6.45, 7) is 0. The molecule has 0 aliphatic carbocycles. The van der Waals surface area contributed by atoms with Crippen LogP contribution in [0.15, 0.2) is 77.7 Å². The maximum atomic E-state index is 12.5. The van der Waals surface area contributed by atoms with Crippen LogP contribution in [0.4, 0.5) is 11.4 Å². The molecule has 1 amide bonds. The highest BCUT2D eigenvalue weighted by Crippen LogP contribution is 2.31. The molecule has 0 spiro atoms. The highest BCUT2D eigenvalue weighted by molar-refractivity contribution is 7.89. The van der Waals surface area contributed by atoms with E-state index in [1.165, 1.54) is 7.11 Å². The molecule has 0 saturated carbocycles. The Hall–Kier alpha value is -3.36. The number of carbonyl (C=O) groups excluding carboxylic acids is 1. The van der Waals surface area contributed by atoms with Crippen LogP contribution >= 0.6 is 0 Å². The van der Waals surface area contributed by atoms with Crippen molar-refractivity contribution in [3.05, 3.63) is 83.9 Å². The van der Waals surface area contributed by atoms with E-state index in [-0.39, 0.29) is 10.8 Å². The summed E-state index contributed by atoms with van der Waals surface area (Å²) in [5.41, 5.74) is 2.24. The van der Waals surface area contributed by atoms with E-state index in [9.17, 15) is 13.2 Å². The van der Waals surface area contributed by atoms with Crippen LogP contribution in [0, 0.1) is 0 Å². The summed E-state index contributed by atoms with van der Waals surface area (Å²) in [4.78, 5) is 12.8.